The lowest BCUT2D eigenvalue weighted by Crippen LogP contribution is -2.62. The number of aliphatic carboxylic acids is 1. The Balaban J connectivity index is 1.70. The van der Waals surface area contributed by atoms with Crippen LogP contribution in [0, 0.1) is 0 Å². The number of carbonyl (C=O) groups is 4. The van der Waals surface area contributed by atoms with Crippen LogP contribution < -0.4 is 5.32 Å². The molecule has 14 nitrogen and oxygen atoms in total. The summed E-state index contributed by atoms with van der Waals surface area (Å²) in [6.45, 7) is 18.3. The van der Waals surface area contributed by atoms with Crippen LogP contribution in [0.3, 0.4) is 0 Å². The summed E-state index contributed by atoms with van der Waals surface area (Å²) in [6, 6.07) is 7.82. The predicted octanol–water partition coefficient (Wildman–Crippen LogP) is 5.25. The van der Waals surface area contributed by atoms with Gasteiger partial charge in [0.2, 0.25) is 5.91 Å². The van der Waals surface area contributed by atoms with E-state index in [1.807, 2.05) is 30.3 Å². The Labute approximate surface area is 304 Å². The van der Waals surface area contributed by atoms with E-state index < -0.39 is 88.9 Å². The van der Waals surface area contributed by atoms with Crippen LogP contribution in [0.1, 0.15) is 88.1 Å². The van der Waals surface area contributed by atoms with Crippen molar-refractivity contribution in [2.75, 3.05) is 12.4 Å². The highest BCUT2D eigenvalue weighted by molar-refractivity contribution is 7.98. The number of ether oxygens (including phenoxy) is 7. The second-order valence-corrected chi connectivity index (χ2v) is 17.2. The maximum atomic E-state index is 14.5. The molecule has 1 aromatic rings. The number of carboxylic acid groups (broad SMARTS) is 1. The van der Waals surface area contributed by atoms with Crippen molar-refractivity contribution in [2.45, 2.75) is 153 Å². The molecule has 3 aliphatic heterocycles. The lowest BCUT2D eigenvalue weighted by Gasteiger charge is -2.36. The number of amides is 3. The van der Waals surface area contributed by atoms with Gasteiger partial charge < -0.3 is 43.6 Å². The Morgan fingerprint density at radius 1 is 0.882 bits per heavy atom. The third kappa shape index (κ3) is 10.8. The Hall–Kier alpha value is -2.95. The Morgan fingerprint density at radius 3 is 1.96 bits per heavy atom. The van der Waals surface area contributed by atoms with Gasteiger partial charge in [0, 0.05) is 17.9 Å². The standard InChI is InChI=1S/C36H54N2O12S/c1-32(2,3)49-30(42)38(31(43)50-33(4,5)6)22(28(39)37-36(11,29(40)41)20-51-19-21-15-13-12-14-16-21)17-23-26-27(48-35(9,10)47-26)25(45-23)24-18-44-34(7,8)46-24/h12-16,22-27H,17-20H2,1-11H3,(H,37,39)(H,40,41)/t22?,23-,24-,25-,26-,27+,36?/m1/s1. The molecule has 0 aliphatic carbocycles. The van der Waals surface area contributed by atoms with Crippen LogP contribution in [0.2, 0.25) is 0 Å². The second-order valence-electron chi connectivity index (χ2n) is 16.3. The van der Waals surface area contributed by atoms with Gasteiger partial charge in [0.05, 0.1) is 12.7 Å². The van der Waals surface area contributed by atoms with E-state index >= 15 is 0 Å². The number of fused-ring (bicyclic) bond motifs is 1. The first-order chi connectivity index (χ1) is 23.4. The zero-order valence-electron chi connectivity index (χ0n) is 31.5. The molecule has 286 valence electrons. The summed E-state index contributed by atoms with van der Waals surface area (Å²) in [7, 11) is 0. The van der Waals surface area contributed by atoms with E-state index in [9.17, 15) is 24.3 Å². The van der Waals surface area contributed by atoms with Crippen LogP contribution in [0.15, 0.2) is 30.3 Å². The Morgan fingerprint density at radius 2 is 1.45 bits per heavy atom. The van der Waals surface area contributed by atoms with Crippen LogP contribution in [0.5, 0.6) is 0 Å². The van der Waals surface area contributed by atoms with Gasteiger partial charge in [-0.2, -0.15) is 16.7 Å². The van der Waals surface area contributed by atoms with Gasteiger partial charge >= 0.3 is 18.2 Å². The molecule has 7 atom stereocenters. The molecule has 1 aromatic carbocycles. The maximum Gasteiger partial charge on any atom is 0.420 e. The number of thioether (sulfide) groups is 1. The molecule has 0 saturated carbocycles. The van der Waals surface area contributed by atoms with Crippen LogP contribution in [0.25, 0.3) is 0 Å². The molecule has 4 rings (SSSR count). The first-order valence-electron chi connectivity index (χ1n) is 17.1. The van der Waals surface area contributed by atoms with Crippen molar-refractivity contribution in [2.24, 2.45) is 0 Å². The molecule has 0 bridgehead atoms. The average Bonchev–Trinajstić information content (AvgIpc) is 3.60. The van der Waals surface area contributed by atoms with E-state index in [-0.39, 0.29) is 18.8 Å². The zero-order chi connectivity index (χ0) is 38.2. The summed E-state index contributed by atoms with van der Waals surface area (Å²) < 4.78 is 42.2. The summed E-state index contributed by atoms with van der Waals surface area (Å²) in [5.41, 5.74) is -2.97. The normalized spacial score (nSPS) is 27.2. The van der Waals surface area contributed by atoms with Gasteiger partial charge in [-0.3, -0.25) is 4.79 Å². The third-order valence-electron chi connectivity index (χ3n) is 8.21. The lowest BCUT2D eigenvalue weighted by atomic mass is 9.98. The first-order valence-corrected chi connectivity index (χ1v) is 18.3. The van der Waals surface area contributed by atoms with Crippen molar-refractivity contribution < 1.29 is 57.4 Å². The zero-order valence-corrected chi connectivity index (χ0v) is 32.3. The number of nitrogens with one attached hydrogen (secondary N) is 1. The molecule has 0 radical (unpaired) electrons. The third-order valence-corrected chi connectivity index (χ3v) is 9.53. The molecule has 3 saturated heterocycles. The van der Waals surface area contributed by atoms with Crippen molar-refractivity contribution in [3.8, 4) is 0 Å². The minimum atomic E-state index is -1.81. The van der Waals surface area contributed by atoms with Gasteiger partial charge in [-0.25, -0.2) is 14.4 Å². The number of hydrogen-bond donors (Lipinski definition) is 2. The Kier molecular flexibility index (Phi) is 12.2. The lowest BCUT2D eigenvalue weighted by molar-refractivity contribution is -0.207. The van der Waals surface area contributed by atoms with Gasteiger partial charge in [-0.15, -0.1) is 0 Å². The van der Waals surface area contributed by atoms with Gasteiger partial charge in [-0.05, 0) is 81.7 Å². The molecule has 3 heterocycles. The minimum absolute atomic E-state index is 0.0266. The monoisotopic (exact) mass is 738 g/mol. The van der Waals surface area contributed by atoms with Crippen LogP contribution in [-0.4, -0.2) is 111 Å². The fourth-order valence-electron chi connectivity index (χ4n) is 6.04. The number of rotatable bonds is 11. The number of imide groups is 1. The fraction of sp³-hybridized carbons (Fsp3) is 0.722. The van der Waals surface area contributed by atoms with Crippen molar-refractivity contribution in [3.05, 3.63) is 35.9 Å². The summed E-state index contributed by atoms with van der Waals surface area (Å²) in [5.74, 6) is -3.67. The number of nitrogens with zero attached hydrogens (tertiary/aromatic N) is 1. The smallest absolute Gasteiger partial charge is 0.420 e. The fourth-order valence-corrected chi connectivity index (χ4v) is 7.17. The van der Waals surface area contributed by atoms with Crippen molar-refractivity contribution in [1.29, 1.82) is 0 Å². The maximum absolute atomic E-state index is 14.5. The summed E-state index contributed by atoms with van der Waals surface area (Å²) in [5, 5.41) is 13.0. The number of carboxylic acids is 1. The van der Waals surface area contributed by atoms with E-state index in [0.717, 1.165) is 5.56 Å². The van der Waals surface area contributed by atoms with Crippen LogP contribution >= 0.6 is 11.8 Å². The second kappa shape index (κ2) is 15.2. The summed E-state index contributed by atoms with van der Waals surface area (Å²) in [4.78, 5) is 55.6. The van der Waals surface area contributed by atoms with Gasteiger partial charge in [0.1, 0.15) is 47.2 Å². The van der Waals surface area contributed by atoms with E-state index in [1.165, 1.54) is 18.7 Å². The van der Waals surface area contributed by atoms with E-state index in [4.69, 9.17) is 33.2 Å². The van der Waals surface area contributed by atoms with Gasteiger partial charge in [-0.1, -0.05) is 30.3 Å². The SMILES string of the molecule is CC(C)(C)OC(=O)N(C(=O)OC(C)(C)C)C(C[C@H]1O[C@H]([C@H]2COC(C)(C)O2)[C@@H]2OC(C)(C)O[C@@H]21)C(=O)NC(C)(CSCc1ccccc1)C(=O)O. The molecular formula is C36H54N2O12S. The van der Waals surface area contributed by atoms with Crippen molar-refractivity contribution >= 4 is 35.8 Å². The minimum Gasteiger partial charge on any atom is -0.479 e. The molecule has 3 fully saturated rings. The number of carbonyl (C=O) groups excluding carboxylic acids is 3. The molecule has 3 aliphatic rings. The Bertz CT molecular complexity index is 1400. The molecular weight excluding hydrogens is 684 g/mol. The largest absolute Gasteiger partial charge is 0.479 e. The highest BCUT2D eigenvalue weighted by Gasteiger charge is 2.60. The van der Waals surface area contributed by atoms with Crippen LogP contribution in [-0.2, 0) is 48.5 Å². The molecule has 2 N–H and O–H groups in total. The summed E-state index contributed by atoms with van der Waals surface area (Å²) in [6.07, 6.45) is -6.19. The van der Waals surface area contributed by atoms with Crippen molar-refractivity contribution in [3.63, 3.8) is 0 Å². The highest BCUT2D eigenvalue weighted by atomic mass is 32.2. The quantitative estimate of drug-likeness (QED) is 0.302. The molecule has 2 unspecified atom stereocenters. The molecule has 0 spiro atoms. The molecule has 3 amide bonds. The van der Waals surface area contributed by atoms with E-state index in [1.54, 1.807) is 69.2 Å². The molecule has 15 heteroatoms. The van der Waals surface area contributed by atoms with Gasteiger partial charge in [0.25, 0.3) is 0 Å². The van der Waals surface area contributed by atoms with E-state index in [0.29, 0.717) is 10.7 Å². The van der Waals surface area contributed by atoms with Crippen molar-refractivity contribution in [1.82, 2.24) is 10.2 Å². The van der Waals surface area contributed by atoms with E-state index in [2.05, 4.69) is 5.32 Å². The molecule has 0 aromatic heterocycles. The number of hydrogen-bond acceptors (Lipinski definition) is 12. The molecule has 51 heavy (non-hydrogen) atoms. The van der Waals surface area contributed by atoms with Crippen LogP contribution in [0.4, 0.5) is 9.59 Å². The summed E-state index contributed by atoms with van der Waals surface area (Å²) >= 11 is 1.31. The number of benzene rings is 1. The van der Waals surface area contributed by atoms with Gasteiger partial charge in [0.15, 0.2) is 11.6 Å². The highest BCUT2D eigenvalue weighted by Crippen LogP contribution is 2.44. The topological polar surface area (TPSA) is 168 Å². The predicted molar refractivity (Wildman–Crippen MR) is 187 cm³/mol. The first kappa shape index (κ1) is 40.8. The average molecular weight is 739 g/mol.